The van der Waals surface area contributed by atoms with Gasteiger partial charge in [0.05, 0.1) is 12.7 Å². The van der Waals surface area contributed by atoms with E-state index >= 15 is 4.39 Å². The van der Waals surface area contributed by atoms with Crippen molar-refractivity contribution in [2.75, 3.05) is 7.05 Å². The molecule has 0 unspecified atom stereocenters. The van der Waals surface area contributed by atoms with Crippen LogP contribution in [0.1, 0.15) is 16.2 Å². The second kappa shape index (κ2) is 8.41. The summed E-state index contributed by atoms with van der Waals surface area (Å²) in [4.78, 5) is 24.4. The molecule has 0 bridgehead atoms. The van der Waals surface area contributed by atoms with Crippen LogP contribution in [0.3, 0.4) is 0 Å². The van der Waals surface area contributed by atoms with Crippen LogP contribution in [0.2, 0.25) is 0 Å². The van der Waals surface area contributed by atoms with Gasteiger partial charge in [0.1, 0.15) is 34.7 Å². The van der Waals surface area contributed by atoms with Crippen molar-refractivity contribution in [3.05, 3.63) is 84.6 Å². The van der Waals surface area contributed by atoms with Gasteiger partial charge in [-0.2, -0.15) is 0 Å². The average molecular weight is 457 g/mol. The molecule has 4 N–H and O–H groups in total. The first-order valence-electron chi connectivity index (χ1n) is 10.4. The molecule has 5 aromatic rings. The van der Waals surface area contributed by atoms with Gasteiger partial charge < -0.3 is 20.7 Å². The summed E-state index contributed by atoms with van der Waals surface area (Å²) in [5.41, 5.74) is 7.83. The van der Waals surface area contributed by atoms with E-state index in [4.69, 9.17) is 5.73 Å². The zero-order valence-electron chi connectivity index (χ0n) is 18.1. The van der Waals surface area contributed by atoms with Crippen molar-refractivity contribution in [2.24, 2.45) is 5.73 Å². The molecule has 0 aliphatic heterocycles. The smallest absolute Gasteiger partial charge is 0.248 e. The van der Waals surface area contributed by atoms with Gasteiger partial charge in [0.25, 0.3) is 0 Å². The molecule has 5 rings (SSSR count). The number of imidazole rings is 2. The van der Waals surface area contributed by atoms with Gasteiger partial charge in [-0.1, -0.05) is 6.07 Å². The Kier molecular flexibility index (Phi) is 5.27. The number of primary amides is 1. The number of rotatable bonds is 6. The first kappa shape index (κ1) is 21.3. The molecule has 0 saturated heterocycles. The van der Waals surface area contributed by atoms with E-state index in [1.807, 2.05) is 7.05 Å². The SMILES string of the molecule is CNCc1nccn1-c1ccc(-c2ncc3ncn(-c4cccc(C(N)=O)c4)c3c2O)c(F)c1. The number of carbonyl (C=O) groups excluding carboxylic acids is 1. The lowest BCUT2D eigenvalue weighted by Gasteiger charge is -2.12. The molecule has 3 aromatic heterocycles. The van der Waals surface area contributed by atoms with E-state index in [9.17, 15) is 9.90 Å². The molecule has 0 aliphatic carbocycles. The lowest BCUT2D eigenvalue weighted by Crippen LogP contribution is -2.11. The van der Waals surface area contributed by atoms with Crippen LogP contribution >= 0.6 is 0 Å². The number of amides is 1. The van der Waals surface area contributed by atoms with Crippen LogP contribution in [-0.4, -0.2) is 42.1 Å². The highest BCUT2D eigenvalue weighted by atomic mass is 19.1. The number of aromatic hydroxyl groups is 1. The summed E-state index contributed by atoms with van der Waals surface area (Å²) in [5.74, 6) is -0.620. The second-order valence-corrected chi connectivity index (χ2v) is 7.63. The molecule has 1 amide bonds. The number of aromatic nitrogens is 5. The van der Waals surface area contributed by atoms with Gasteiger partial charge in [-0.15, -0.1) is 0 Å². The third-order valence-electron chi connectivity index (χ3n) is 5.51. The topological polar surface area (TPSA) is 124 Å². The van der Waals surface area contributed by atoms with E-state index in [0.29, 0.717) is 34.5 Å². The fraction of sp³-hybridized carbons (Fsp3) is 0.0833. The lowest BCUT2D eigenvalue weighted by atomic mass is 10.1. The van der Waals surface area contributed by atoms with E-state index in [0.717, 1.165) is 5.82 Å². The Labute approximate surface area is 193 Å². The van der Waals surface area contributed by atoms with Gasteiger partial charge in [-0.05, 0) is 43.4 Å². The minimum Gasteiger partial charge on any atom is -0.504 e. The number of pyridine rings is 1. The van der Waals surface area contributed by atoms with Gasteiger partial charge in [0, 0.05) is 34.9 Å². The number of hydrogen-bond donors (Lipinski definition) is 3. The fourth-order valence-electron chi connectivity index (χ4n) is 3.90. The van der Waals surface area contributed by atoms with Crippen molar-refractivity contribution in [1.82, 2.24) is 29.4 Å². The number of nitrogens with one attached hydrogen (secondary N) is 1. The van der Waals surface area contributed by atoms with Crippen molar-refractivity contribution in [3.63, 3.8) is 0 Å². The molecule has 2 aromatic carbocycles. The van der Waals surface area contributed by atoms with Gasteiger partial charge >= 0.3 is 0 Å². The number of nitrogens with zero attached hydrogens (tertiary/aromatic N) is 5. The van der Waals surface area contributed by atoms with Crippen molar-refractivity contribution in [2.45, 2.75) is 6.54 Å². The predicted octanol–water partition coefficient (Wildman–Crippen LogP) is 2.94. The van der Waals surface area contributed by atoms with Crippen molar-refractivity contribution in [1.29, 1.82) is 0 Å². The molecule has 0 fully saturated rings. The zero-order chi connectivity index (χ0) is 23.8. The number of carbonyl (C=O) groups is 1. The third-order valence-corrected chi connectivity index (χ3v) is 5.51. The molecule has 9 nitrogen and oxygen atoms in total. The van der Waals surface area contributed by atoms with Crippen molar-refractivity contribution >= 4 is 16.9 Å². The molecule has 3 heterocycles. The number of halogens is 1. The van der Waals surface area contributed by atoms with Gasteiger partial charge in [-0.3, -0.25) is 9.36 Å². The minimum absolute atomic E-state index is 0.0745. The fourth-order valence-corrected chi connectivity index (χ4v) is 3.90. The maximum atomic E-state index is 15.2. The van der Waals surface area contributed by atoms with E-state index in [1.54, 1.807) is 57.9 Å². The maximum absolute atomic E-state index is 15.2. The summed E-state index contributed by atoms with van der Waals surface area (Å²) in [6.07, 6.45) is 6.36. The van der Waals surface area contributed by atoms with E-state index in [-0.39, 0.29) is 17.0 Å². The molecular formula is C24H20FN7O2. The van der Waals surface area contributed by atoms with E-state index < -0.39 is 11.7 Å². The predicted molar refractivity (Wildman–Crippen MR) is 124 cm³/mol. The monoisotopic (exact) mass is 457 g/mol. The Morgan fingerprint density at radius 3 is 2.71 bits per heavy atom. The van der Waals surface area contributed by atoms with E-state index in [1.165, 1.54) is 18.6 Å². The highest BCUT2D eigenvalue weighted by molar-refractivity contribution is 5.94. The summed E-state index contributed by atoms with van der Waals surface area (Å²) in [7, 11) is 1.81. The molecule has 0 radical (unpaired) electrons. The average Bonchev–Trinajstić information content (AvgIpc) is 3.48. The summed E-state index contributed by atoms with van der Waals surface area (Å²) < 4.78 is 18.6. The van der Waals surface area contributed by atoms with Crippen LogP contribution in [0.15, 0.2) is 67.4 Å². The number of benzene rings is 2. The number of fused-ring (bicyclic) bond motifs is 1. The summed E-state index contributed by atoms with van der Waals surface area (Å²) in [5, 5.41) is 14.1. The molecule has 34 heavy (non-hydrogen) atoms. The summed E-state index contributed by atoms with van der Waals surface area (Å²) >= 11 is 0. The quantitative estimate of drug-likeness (QED) is 0.360. The van der Waals surface area contributed by atoms with Crippen LogP contribution in [0.4, 0.5) is 4.39 Å². The van der Waals surface area contributed by atoms with Gasteiger partial charge in [0.2, 0.25) is 5.91 Å². The maximum Gasteiger partial charge on any atom is 0.248 e. The van der Waals surface area contributed by atoms with Crippen molar-refractivity contribution in [3.8, 4) is 28.4 Å². The van der Waals surface area contributed by atoms with Gasteiger partial charge in [-0.25, -0.2) is 19.3 Å². The molecular weight excluding hydrogens is 437 g/mol. The Morgan fingerprint density at radius 2 is 1.94 bits per heavy atom. The molecule has 0 aliphatic rings. The van der Waals surface area contributed by atoms with Crippen LogP contribution < -0.4 is 11.1 Å². The highest BCUT2D eigenvalue weighted by Gasteiger charge is 2.19. The molecule has 10 heteroatoms. The Hall–Kier alpha value is -4.57. The Balaban J connectivity index is 1.61. The second-order valence-electron chi connectivity index (χ2n) is 7.63. The van der Waals surface area contributed by atoms with Crippen LogP contribution in [-0.2, 0) is 6.54 Å². The lowest BCUT2D eigenvalue weighted by molar-refractivity contribution is 0.1000. The Bertz CT molecular complexity index is 1540. The van der Waals surface area contributed by atoms with Gasteiger partial charge in [0.15, 0.2) is 5.75 Å². The van der Waals surface area contributed by atoms with E-state index in [2.05, 4.69) is 20.3 Å². The summed E-state index contributed by atoms with van der Waals surface area (Å²) in [6, 6.07) is 11.3. The minimum atomic E-state index is -0.573. The molecule has 0 atom stereocenters. The molecule has 0 spiro atoms. The first-order valence-corrected chi connectivity index (χ1v) is 10.4. The van der Waals surface area contributed by atoms with Crippen LogP contribution in [0.25, 0.3) is 33.7 Å². The largest absolute Gasteiger partial charge is 0.504 e. The third kappa shape index (κ3) is 3.55. The van der Waals surface area contributed by atoms with Crippen LogP contribution in [0, 0.1) is 5.82 Å². The Morgan fingerprint density at radius 1 is 1.12 bits per heavy atom. The highest BCUT2D eigenvalue weighted by Crippen LogP contribution is 2.36. The number of nitrogens with two attached hydrogens (primary N) is 1. The molecule has 170 valence electrons. The standard InChI is InChI=1S/C24H20FN7O2/c1-27-12-20-28-7-8-31(20)16-5-6-17(18(25)10-16)21-23(33)22-19(11-29-21)30-13-32(22)15-4-2-3-14(9-15)24(26)34/h2-11,13,27,33H,12H2,1H3,(H2,26,34). The summed E-state index contributed by atoms with van der Waals surface area (Å²) in [6.45, 7) is 0.524. The van der Waals surface area contributed by atoms with Crippen molar-refractivity contribution < 1.29 is 14.3 Å². The molecule has 0 saturated carbocycles. The normalized spacial score (nSPS) is 11.2. The number of hydrogen-bond acceptors (Lipinski definition) is 6. The first-order chi connectivity index (χ1) is 16.5. The zero-order valence-corrected chi connectivity index (χ0v) is 18.1. The van der Waals surface area contributed by atoms with Crippen LogP contribution in [0.5, 0.6) is 5.75 Å².